The number of hydrogen-bond acceptors (Lipinski definition) is 6. The zero-order valence-corrected chi connectivity index (χ0v) is 18.8. The van der Waals surface area contributed by atoms with Crippen LogP contribution in [0.15, 0.2) is 0 Å². The molecule has 0 aliphatic carbocycles. The molecule has 6 N–H and O–H groups in total. The first-order valence-corrected chi connectivity index (χ1v) is 2.00. The van der Waals surface area contributed by atoms with Crippen LogP contribution in [0.1, 0.15) is 0 Å². The summed E-state index contributed by atoms with van der Waals surface area (Å²) in [6, 6.07) is 0. The second-order valence-electron chi connectivity index (χ2n) is 0.408. The smallest absolute Gasteiger partial charge is 0.759 e. The van der Waals surface area contributed by atoms with Crippen molar-refractivity contribution in [3.63, 3.8) is 0 Å². The minimum absolute atomic E-state index is 0. The Hall–Kier alpha value is 3.89. The van der Waals surface area contributed by atoms with Gasteiger partial charge < -0.3 is 21.4 Å². The van der Waals surface area contributed by atoms with Crippen molar-refractivity contribution < 1.29 is 155 Å². The van der Waals surface area contributed by atoms with Gasteiger partial charge in [-0.1, -0.05) is 0 Å². The summed E-state index contributed by atoms with van der Waals surface area (Å²) < 4.78 is 34.1. The molecule has 0 spiro atoms. The molecule has 0 aliphatic heterocycles. The molecule has 0 fully saturated rings. The van der Waals surface area contributed by atoms with E-state index >= 15 is 0 Å². The summed E-state index contributed by atoms with van der Waals surface area (Å²) >= 11 is 0. The summed E-state index contributed by atoms with van der Waals surface area (Å²) in [5.74, 6) is 0. The van der Waals surface area contributed by atoms with Crippen molar-refractivity contribution in [2.45, 2.75) is 0 Å². The molecule has 0 bridgehead atoms. The summed E-state index contributed by atoms with van der Waals surface area (Å²) in [4.78, 5) is 0. The van der Waals surface area contributed by atoms with E-state index in [-0.39, 0.29) is 150 Å². The van der Waals surface area contributed by atoms with Crippen LogP contribution in [0.3, 0.4) is 0 Å². The van der Waals surface area contributed by atoms with Gasteiger partial charge in [0.05, 0.1) is 0 Å². The van der Waals surface area contributed by atoms with Gasteiger partial charge >= 0.3 is 138 Å². The average molecular weight is 396 g/mol. The van der Waals surface area contributed by atoms with Crippen LogP contribution in [0.25, 0.3) is 0 Å². The van der Waals surface area contributed by atoms with Gasteiger partial charge in [-0.15, -0.1) is 0 Å². The van der Waals surface area contributed by atoms with Crippen LogP contribution in [0.5, 0.6) is 0 Å². The first-order valence-electron chi connectivity index (χ1n) is 0.667. The fourth-order valence-corrected chi connectivity index (χ4v) is 0. The number of rotatable bonds is 0. The fraction of sp³-hybridized carbons (Fsp3) is 0. The van der Waals surface area contributed by atoms with Crippen LogP contribution in [0.4, 0.5) is 0 Å². The van der Waals surface area contributed by atoms with E-state index < -0.39 is 10.4 Å². The Morgan fingerprint density at radius 2 is 0.889 bits per heavy atom. The van der Waals surface area contributed by atoms with Crippen LogP contribution >= 0.6 is 0 Å². The molecule has 0 saturated carbocycles. The van der Waals surface area contributed by atoms with Crippen molar-refractivity contribution in [2.24, 2.45) is 0 Å². The predicted molar refractivity (Wildman–Crippen MR) is 20.5 cm³/mol. The Balaban J connectivity index is -0.0000000133. The Labute approximate surface area is 172 Å². The summed E-state index contributed by atoms with van der Waals surface area (Å²) in [5, 5.41) is 0. The molecule has 0 saturated heterocycles. The summed E-state index contributed by atoms with van der Waals surface area (Å²) in [6.45, 7) is 0. The normalized spacial score (nSPS) is 6.44. The zero-order valence-electron chi connectivity index (χ0n) is 5.46. The Morgan fingerprint density at radius 1 is 0.889 bits per heavy atom. The van der Waals surface area contributed by atoms with E-state index in [1.165, 1.54) is 0 Å². The van der Waals surface area contributed by atoms with Gasteiger partial charge in [0.2, 0.25) is 0 Å². The van der Waals surface area contributed by atoms with Crippen molar-refractivity contribution >= 4 is 10.4 Å². The largest absolute Gasteiger partial charge is 1.00 e. The molecule has 0 heterocycles. The van der Waals surface area contributed by atoms with E-state index in [1.807, 2.05) is 0 Å². The predicted octanol–water partition coefficient (Wildman–Crippen LogP) is -7.01. The van der Waals surface area contributed by atoms with E-state index in [0.717, 1.165) is 0 Å². The quantitative estimate of drug-likeness (QED) is 0.307. The van der Waals surface area contributed by atoms with Crippen LogP contribution < -0.4 is 150 Å². The molecule has 0 aromatic heterocycles. The van der Waals surface area contributed by atoms with E-state index in [4.69, 9.17) is 17.5 Å². The van der Waals surface area contributed by atoms with Crippen molar-refractivity contribution in [2.75, 3.05) is 0 Å². The van der Waals surface area contributed by atoms with Crippen LogP contribution in [-0.4, -0.2) is 17.5 Å². The molecule has 0 radical (unpaired) electrons. The van der Waals surface area contributed by atoms with E-state index in [2.05, 4.69) is 0 Å². The average Bonchev–Trinajstić information content (AvgIpc) is 0.722. The Bertz CT molecular complexity index is 99.7. The van der Waals surface area contributed by atoms with Gasteiger partial charge in [-0.3, -0.25) is 8.42 Å². The first kappa shape index (κ1) is 29.3. The van der Waals surface area contributed by atoms with Gasteiger partial charge in [0.25, 0.3) is 0 Å². The van der Waals surface area contributed by atoms with Crippen molar-refractivity contribution in [3.05, 3.63) is 0 Å². The van der Waals surface area contributed by atoms with Gasteiger partial charge in [-0.2, -0.15) is 0 Å². The van der Waals surface area contributed by atoms with E-state index in [1.54, 1.807) is 0 Å². The molecule has 0 amide bonds. The SMILES string of the molecule is N.N.O=S(=O)([O-])[O-].[Cs+].[Cs+]. The van der Waals surface area contributed by atoms with Gasteiger partial charge in [0.15, 0.2) is 0 Å². The molecule has 9 heavy (non-hydrogen) atoms. The summed E-state index contributed by atoms with van der Waals surface area (Å²) in [7, 11) is -5.17. The minimum Gasteiger partial charge on any atom is -0.759 e. The molecular weight excluding hydrogens is 390 g/mol. The Morgan fingerprint density at radius 3 is 0.889 bits per heavy atom. The van der Waals surface area contributed by atoms with Crippen LogP contribution in [0, 0.1) is 0 Å². The molecule has 0 aromatic carbocycles. The van der Waals surface area contributed by atoms with Crippen molar-refractivity contribution in [1.82, 2.24) is 12.3 Å². The van der Waals surface area contributed by atoms with Gasteiger partial charge in [0.1, 0.15) is 0 Å². The summed E-state index contributed by atoms with van der Waals surface area (Å²) in [5.41, 5.74) is 0. The molecule has 48 valence electrons. The third-order valence-electron chi connectivity index (χ3n) is 0. The molecule has 0 aliphatic rings. The van der Waals surface area contributed by atoms with Gasteiger partial charge in [-0.05, 0) is 0 Å². The second-order valence-corrected chi connectivity index (χ2v) is 1.22. The van der Waals surface area contributed by atoms with Crippen molar-refractivity contribution in [3.8, 4) is 0 Å². The first-order chi connectivity index (χ1) is 2.00. The second kappa shape index (κ2) is 14.4. The topological polar surface area (TPSA) is 150 Å². The minimum atomic E-state index is -5.17. The Kier molecular flexibility index (Phi) is 46.9. The van der Waals surface area contributed by atoms with E-state index in [0.29, 0.717) is 0 Å². The maximum absolute atomic E-state index is 8.52. The number of hydrogen-bond donors (Lipinski definition) is 2. The van der Waals surface area contributed by atoms with Gasteiger partial charge in [-0.25, -0.2) is 0 Å². The fourth-order valence-electron chi connectivity index (χ4n) is 0. The molecule has 6 nitrogen and oxygen atoms in total. The molecule has 9 heteroatoms. The standard InChI is InChI=1S/2Cs.2H3N.H2O4S/c;;;;1-5(2,3)4/h;;2*1H3;(H2,1,2,3,4)/q2*+1;;;/p-2. The maximum Gasteiger partial charge on any atom is 1.00 e. The molecule has 0 rings (SSSR count). The van der Waals surface area contributed by atoms with Crippen LogP contribution in [-0.2, 0) is 10.4 Å². The third-order valence-corrected chi connectivity index (χ3v) is 0. The van der Waals surface area contributed by atoms with Crippen molar-refractivity contribution in [1.29, 1.82) is 0 Å². The maximum atomic E-state index is 8.52. The van der Waals surface area contributed by atoms with Gasteiger partial charge in [0, 0.05) is 10.4 Å². The summed E-state index contributed by atoms with van der Waals surface area (Å²) in [6.07, 6.45) is 0. The molecule has 0 aromatic rings. The van der Waals surface area contributed by atoms with E-state index in [9.17, 15) is 0 Å². The molecule has 0 unspecified atom stereocenters. The van der Waals surface area contributed by atoms with Crippen LogP contribution in [0.2, 0.25) is 0 Å². The third kappa shape index (κ3) is 76.8. The zero-order chi connectivity index (χ0) is 4.50. The molecular formula is H6Cs2N2O4S. The monoisotopic (exact) mass is 396 g/mol. The molecule has 0 atom stereocenters.